The molecule has 3 aromatic carbocycles. The molecule has 0 atom stereocenters. The first kappa shape index (κ1) is 20.0. The Morgan fingerprint density at radius 2 is 1.75 bits per heavy atom. The van der Waals surface area contributed by atoms with Gasteiger partial charge in [0.15, 0.2) is 5.78 Å². The smallest absolute Gasteiger partial charge is 0.255 e. The summed E-state index contributed by atoms with van der Waals surface area (Å²) in [6, 6.07) is 21.3. The Labute approximate surface area is 172 Å². The first-order valence-corrected chi connectivity index (χ1v) is 9.89. The van der Waals surface area contributed by atoms with Crippen molar-refractivity contribution in [3.63, 3.8) is 0 Å². The highest BCUT2D eigenvalue weighted by Gasteiger charge is 2.12. The summed E-state index contributed by atoms with van der Waals surface area (Å²) in [6.45, 7) is 0. The molecule has 0 saturated heterocycles. The largest absolute Gasteiger partial charge is 0.496 e. The van der Waals surface area contributed by atoms with Gasteiger partial charge in [-0.05, 0) is 54.6 Å². The second-order valence-electron chi connectivity index (χ2n) is 5.90. The average molecular weight is 412 g/mol. The van der Waals surface area contributed by atoms with E-state index in [0.717, 1.165) is 4.90 Å². The summed E-state index contributed by atoms with van der Waals surface area (Å²) in [6.07, 6.45) is 0. The molecule has 4 nitrogen and oxygen atoms in total. The van der Waals surface area contributed by atoms with Gasteiger partial charge in [0.25, 0.3) is 5.91 Å². The van der Waals surface area contributed by atoms with Crippen LogP contribution in [0.2, 0.25) is 5.02 Å². The second kappa shape index (κ2) is 9.44. The zero-order chi connectivity index (χ0) is 19.9. The van der Waals surface area contributed by atoms with Crippen molar-refractivity contribution in [3.05, 3.63) is 88.9 Å². The molecule has 3 aromatic rings. The fraction of sp³-hybridized carbons (Fsp3) is 0.0909. The summed E-state index contributed by atoms with van der Waals surface area (Å²) in [4.78, 5) is 25.6. The van der Waals surface area contributed by atoms with Gasteiger partial charge in [-0.2, -0.15) is 0 Å². The molecule has 0 unspecified atom stereocenters. The van der Waals surface area contributed by atoms with E-state index in [0.29, 0.717) is 33.3 Å². The maximum absolute atomic E-state index is 12.4. The van der Waals surface area contributed by atoms with Gasteiger partial charge in [-0.15, -0.1) is 11.8 Å². The van der Waals surface area contributed by atoms with Gasteiger partial charge in [0.2, 0.25) is 0 Å². The lowest BCUT2D eigenvalue weighted by Gasteiger charge is -2.08. The van der Waals surface area contributed by atoms with Crippen LogP contribution in [0.4, 0.5) is 5.69 Å². The predicted octanol–water partition coefficient (Wildman–Crippen LogP) is 5.58. The molecule has 0 aliphatic heterocycles. The van der Waals surface area contributed by atoms with Crippen LogP contribution in [0.3, 0.4) is 0 Å². The van der Waals surface area contributed by atoms with E-state index in [9.17, 15) is 9.59 Å². The Morgan fingerprint density at radius 1 is 1.00 bits per heavy atom. The normalized spacial score (nSPS) is 10.4. The number of Topliss-reactive ketones (excluding diaryl/α,β-unsaturated/α-hetero) is 1. The summed E-state index contributed by atoms with van der Waals surface area (Å²) in [7, 11) is 1.55. The Hall–Kier alpha value is -2.76. The van der Waals surface area contributed by atoms with Crippen molar-refractivity contribution >= 4 is 40.7 Å². The number of methoxy groups -OCH3 is 1. The fourth-order valence-electron chi connectivity index (χ4n) is 2.57. The lowest BCUT2D eigenvalue weighted by molar-refractivity contribution is 0.101. The number of rotatable bonds is 7. The van der Waals surface area contributed by atoms with Crippen molar-refractivity contribution in [2.45, 2.75) is 4.90 Å². The molecule has 0 fully saturated rings. The van der Waals surface area contributed by atoms with Gasteiger partial charge >= 0.3 is 0 Å². The quantitative estimate of drug-likeness (QED) is 0.407. The Bertz CT molecular complexity index is 989. The van der Waals surface area contributed by atoms with E-state index < -0.39 is 0 Å². The maximum atomic E-state index is 12.4. The number of para-hydroxylation sites is 1. The molecule has 0 heterocycles. The molecule has 0 aliphatic rings. The summed E-state index contributed by atoms with van der Waals surface area (Å²) >= 11 is 7.35. The molecule has 0 aliphatic carbocycles. The van der Waals surface area contributed by atoms with E-state index in [-0.39, 0.29) is 11.7 Å². The number of amides is 1. The number of carbonyl (C=O) groups excluding carboxylic acids is 2. The maximum Gasteiger partial charge on any atom is 0.255 e. The SMILES string of the molecule is COc1ccccc1C(=O)CSc1ccc(NC(=O)c2cccc(Cl)c2)cc1. The highest BCUT2D eigenvalue weighted by molar-refractivity contribution is 8.00. The molecular weight excluding hydrogens is 394 g/mol. The fourth-order valence-corrected chi connectivity index (χ4v) is 3.54. The van der Waals surface area contributed by atoms with Crippen molar-refractivity contribution < 1.29 is 14.3 Å². The van der Waals surface area contributed by atoms with Crippen molar-refractivity contribution in [3.8, 4) is 5.75 Å². The zero-order valence-corrected chi connectivity index (χ0v) is 16.7. The molecule has 0 radical (unpaired) electrons. The van der Waals surface area contributed by atoms with Gasteiger partial charge in [0, 0.05) is 21.2 Å². The Balaban J connectivity index is 1.58. The number of benzene rings is 3. The van der Waals surface area contributed by atoms with E-state index in [1.165, 1.54) is 11.8 Å². The minimum absolute atomic E-state index is 0.000727. The van der Waals surface area contributed by atoms with Gasteiger partial charge in [0.05, 0.1) is 18.4 Å². The predicted molar refractivity (Wildman–Crippen MR) is 114 cm³/mol. The molecule has 0 spiro atoms. The monoisotopic (exact) mass is 411 g/mol. The van der Waals surface area contributed by atoms with Crippen LogP contribution in [0.1, 0.15) is 20.7 Å². The van der Waals surface area contributed by atoms with Crippen molar-refractivity contribution in [2.75, 3.05) is 18.2 Å². The van der Waals surface area contributed by atoms with Crippen LogP contribution in [-0.4, -0.2) is 24.6 Å². The third kappa shape index (κ3) is 5.15. The first-order valence-electron chi connectivity index (χ1n) is 8.53. The molecule has 1 N–H and O–H groups in total. The van der Waals surface area contributed by atoms with Crippen LogP contribution >= 0.6 is 23.4 Å². The van der Waals surface area contributed by atoms with Crippen molar-refractivity contribution in [2.24, 2.45) is 0 Å². The third-order valence-electron chi connectivity index (χ3n) is 3.98. The zero-order valence-electron chi connectivity index (χ0n) is 15.1. The topological polar surface area (TPSA) is 55.4 Å². The summed E-state index contributed by atoms with van der Waals surface area (Å²) in [5.41, 5.74) is 1.74. The van der Waals surface area contributed by atoms with Crippen LogP contribution in [0.15, 0.2) is 77.7 Å². The van der Waals surface area contributed by atoms with Crippen LogP contribution in [0.25, 0.3) is 0 Å². The molecule has 1 amide bonds. The van der Waals surface area contributed by atoms with E-state index >= 15 is 0 Å². The number of halogens is 1. The second-order valence-corrected chi connectivity index (χ2v) is 7.39. The Morgan fingerprint density at radius 3 is 2.46 bits per heavy atom. The standard InChI is InChI=1S/C22H18ClNO3S/c1-27-21-8-3-2-7-19(21)20(25)14-28-18-11-9-17(10-12-18)24-22(26)15-5-4-6-16(23)13-15/h2-13H,14H2,1H3,(H,24,26). The van der Waals surface area contributed by atoms with Crippen molar-refractivity contribution in [1.29, 1.82) is 0 Å². The number of carbonyl (C=O) groups is 2. The number of ether oxygens (including phenoxy) is 1. The van der Waals surface area contributed by atoms with Crippen LogP contribution in [0.5, 0.6) is 5.75 Å². The molecule has 0 aromatic heterocycles. The number of thioether (sulfide) groups is 1. The summed E-state index contributed by atoms with van der Waals surface area (Å²) < 4.78 is 5.24. The lowest BCUT2D eigenvalue weighted by atomic mass is 10.1. The number of ketones is 1. The number of hydrogen-bond acceptors (Lipinski definition) is 4. The summed E-state index contributed by atoms with van der Waals surface area (Å²) in [5.74, 6) is 0.649. The minimum atomic E-state index is -0.228. The molecule has 142 valence electrons. The summed E-state index contributed by atoms with van der Waals surface area (Å²) in [5, 5.41) is 3.34. The van der Waals surface area contributed by atoms with Crippen LogP contribution in [0, 0.1) is 0 Å². The van der Waals surface area contributed by atoms with Crippen LogP contribution < -0.4 is 10.1 Å². The highest BCUT2D eigenvalue weighted by Crippen LogP contribution is 2.24. The average Bonchev–Trinajstić information content (AvgIpc) is 2.73. The Kier molecular flexibility index (Phi) is 6.74. The van der Waals surface area contributed by atoms with Crippen molar-refractivity contribution in [1.82, 2.24) is 0 Å². The molecular formula is C22H18ClNO3S. The van der Waals surface area contributed by atoms with Gasteiger partial charge in [-0.1, -0.05) is 29.8 Å². The molecule has 0 bridgehead atoms. The van der Waals surface area contributed by atoms with Gasteiger partial charge in [-0.3, -0.25) is 9.59 Å². The third-order valence-corrected chi connectivity index (χ3v) is 5.22. The highest BCUT2D eigenvalue weighted by atomic mass is 35.5. The lowest BCUT2D eigenvalue weighted by Crippen LogP contribution is -2.11. The van der Waals surface area contributed by atoms with Gasteiger partial charge in [0.1, 0.15) is 5.75 Å². The molecule has 3 rings (SSSR count). The van der Waals surface area contributed by atoms with E-state index in [4.69, 9.17) is 16.3 Å². The molecule has 28 heavy (non-hydrogen) atoms. The van der Waals surface area contributed by atoms with Crippen LogP contribution in [-0.2, 0) is 0 Å². The van der Waals surface area contributed by atoms with E-state index in [2.05, 4.69) is 5.32 Å². The number of anilines is 1. The van der Waals surface area contributed by atoms with E-state index in [1.54, 1.807) is 55.6 Å². The van der Waals surface area contributed by atoms with E-state index in [1.807, 2.05) is 24.3 Å². The number of nitrogens with one attached hydrogen (secondary N) is 1. The molecule has 6 heteroatoms. The van der Waals surface area contributed by atoms with Gasteiger partial charge < -0.3 is 10.1 Å². The number of hydrogen-bond donors (Lipinski definition) is 1. The minimum Gasteiger partial charge on any atom is -0.496 e. The molecule has 0 saturated carbocycles. The van der Waals surface area contributed by atoms with Gasteiger partial charge in [-0.25, -0.2) is 0 Å². The first-order chi connectivity index (χ1) is 13.6.